The van der Waals surface area contributed by atoms with Gasteiger partial charge in [-0.2, -0.15) is 13.2 Å². The van der Waals surface area contributed by atoms with E-state index in [0.717, 1.165) is 16.6 Å². The number of rotatable bonds is 7. The molecule has 1 unspecified atom stereocenters. The van der Waals surface area contributed by atoms with Crippen molar-refractivity contribution in [2.45, 2.75) is 31.5 Å². The van der Waals surface area contributed by atoms with Gasteiger partial charge in [0.1, 0.15) is 24.4 Å². The number of alkyl halides is 5. The first-order valence-electron chi connectivity index (χ1n) is 13.7. The average molecular weight is 602 g/mol. The van der Waals surface area contributed by atoms with Crippen molar-refractivity contribution in [1.29, 1.82) is 0 Å². The number of nitrogens with one attached hydrogen (secondary N) is 2. The molecule has 0 bridgehead atoms. The van der Waals surface area contributed by atoms with Crippen LogP contribution in [0.1, 0.15) is 24.9 Å². The molecule has 0 aliphatic carbocycles. The molecule has 2 N–H and O–H groups in total. The molecule has 1 aromatic carbocycles. The number of carbonyl (C=O) groups is 1. The number of aromatic nitrogens is 5. The van der Waals surface area contributed by atoms with E-state index in [4.69, 9.17) is 0 Å². The Morgan fingerprint density at radius 2 is 1.81 bits per heavy atom. The fraction of sp³-hybridized carbons (Fsp3) is 0.393. The van der Waals surface area contributed by atoms with Gasteiger partial charge in [-0.25, -0.2) is 28.7 Å². The van der Waals surface area contributed by atoms with Crippen LogP contribution < -0.4 is 10.2 Å². The molecule has 4 aromatic rings. The molecule has 10 nitrogen and oxygen atoms in total. The lowest BCUT2D eigenvalue weighted by Gasteiger charge is -2.39. The van der Waals surface area contributed by atoms with Gasteiger partial charge >= 0.3 is 6.18 Å². The van der Waals surface area contributed by atoms with E-state index in [-0.39, 0.29) is 32.2 Å². The number of anilines is 3. The SMILES string of the molecule is CC(c1ccnc(Nc2nc3ccc(-c4cc(N5CC(F)(F)C5)ncn4)cc3[nH]2)c1)N1CCN(C(=O)CC(F)(F)F)CC1. The highest BCUT2D eigenvalue weighted by Gasteiger charge is 2.44. The highest BCUT2D eigenvalue weighted by molar-refractivity contribution is 5.83. The van der Waals surface area contributed by atoms with Crippen LogP contribution in [-0.4, -0.2) is 92.0 Å². The molecule has 1 atom stereocenters. The van der Waals surface area contributed by atoms with Crippen molar-refractivity contribution < 1.29 is 26.7 Å². The molecule has 2 aliphatic rings. The maximum Gasteiger partial charge on any atom is 0.397 e. The van der Waals surface area contributed by atoms with Gasteiger partial charge in [-0.3, -0.25) is 9.69 Å². The van der Waals surface area contributed by atoms with E-state index in [1.165, 1.54) is 16.1 Å². The van der Waals surface area contributed by atoms with Crippen LogP contribution >= 0.6 is 0 Å². The number of hydrogen-bond donors (Lipinski definition) is 2. The van der Waals surface area contributed by atoms with Crippen LogP contribution in [0.5, 0.6) is 0 Å². The summed E-state index contributed by atoms with van der Waals surface area (Å²) in [5.41, 5.74) is 3.75. The number of fused-ring (bicyclic) bond motifs is 1. The fourth-order valence-electron chi connectivity index (χ4n) is 5.33. The number of piperazine rings is 1. The van der Waals surface area contributed by atoms with Crippen molar-refractivity contribution in [2.24, 2.45) is 0 Å². The number of aromatic amines is 1. The number of nitrogens with zero attached hydrogens (tertiary/aromatic N) is 7. The zero-order valence-electron chi connectivity index (χ0n) is 23.1. The van der Waals surface area contributed by atoms with Crippen LogP contribution in [0, 0.1) is 0 Å². The second kappa shape index (κ2) is 11.0. The Labute approximate surface area is 243 Å². The van der Waals surface area contributed by atoms with Crippen LogP contribution in [-0.2, 0) is 4.79 Å². The van der Waals surface area contributed by atoms with E-state index in [1.807, 2.05) is 37.3 Å². The van der Waals surface area contributed by atoms with Gasteiger partial charge < -0.3 is 20.1 Å². The maximum absolute atomic E-state index is 13.3. The summed E-state index contributed by atoms with van der Waals surface area (Å²) in [6.07, 6.45) is -2.92. The minimum absolute atomic E-state index is 0.0538. The van der Waals surface area contributed by atoms with Crippen LogP contribution in [0.25, 0.3) is 22.3 Å². The Hall–Kier alpha value is -4.40. The fourth-order valence-corrected chi connectivity index (χ4v) is 5.33. The maximum atomic E-state index is 13.3. The standard InChI is InChI=1S/C28H28F5N9O/c1-17(40-6-8-41(9-7-40)25(43)13-28(31,32)33)18-4-5-34-23(11-18)39-26-37-20-3-2-19(10-22(20)38-26)21-12-24(36-16-35-21)42-14-27(29,30)15-42/h2-5,10-12,16-17H,6-9,13-15H2,1H3,(H2,34,37,38,39). The second-order valence-corrected chi connectivity index (χ2v) is 10.8. The number of carbonyl (C=O) groups excluding carboxylic acids is 1. The van der Waals surface area contributed by atoms with Gasteiger partial charge in [-0.1, -0.05) is 6.07 Å². The van der Waals surface area contributed by atoms with E-state index >= 15 is 0 Å². The van der Waals surface area contributed by atoms with Crippen molar-refractivity contribution in [1.82, 2.24) is 34.7 Å². The molecule has 15 heteroatoms. The minimum Gasteiger partial charge on any atom is -0.344 e. The number of benzene rings is 1. The number of hydrogen-bond acceptors (Lipinski definition) is 8. The van der Waals surface area contributed by atoms with Crippen LogP contribution in [0.4, 0.5) is 39.5 Å². The zero-order chi connectivity index (χ0) is 30.4. The molecule has 3 aromatic heterocycles. The first-order chi connectivity index (χ1) is 20.4. The van der Waals surface area contributed by atoms with Gasteiger partial charge in [0, 0.05) is 50.0 Å². The summed E-state index contributed by atoms with van der Waals surface area (Å²) in [5, 5.41) is 3.18. The molecule has 5 heterocycles. The molecule has 43 heavy (non-hydrogen) atoms. The van der Waals surface area contributed by atoms with Crippen LogP contribution in [0.3, 0.4) is 0 Å². The van der Waals surface area contributed by atoms with Crippen LogP contribution in [0.2, 0.25) is 0 Å². The summed E-state index contributed by atoms with van der Waals surface area (Å²) in [6, 6.07) is 10.9. The molecule has 0 saturated carbocycles. The second-order valence-electron chi connectivity index (χ2n) is 10.8. The molecule has 6 rings (SSSR count). The Morgan fingerprint density at radius 1 is 1.05 bits per heavy atom. The lowest BCUT2D eigenvalue weighted by Crippen LogP contribution is -2.56. The summed E-state index contributed by atoms with van der Waals surface area (Å²) in [4.78, 5) is 37.5. The zero-order valence-corrected chi connectivity index (χ0v) is 23.1. The summed E-state index contributed by atoms with van der Waals surface area (Å²) < 4.78 is 64.4. The van der Waals surface area contributed by atoms with Crippen molar-refractivity contribution in [3.63, 3.8) is 0 Å². The summed E-state index contributed by atoms with van der Waals surface area (Å²) in [5.74, 6) is -2.13. The highest BCUT2D eigenvalue weighted by atomic mass is 19.4. The molecule has 2 fully saturated rings. The smallest absolute Gasteiger partial charge is 0.344 e. The van der Waals surface area contributed by atoms with Gasteiger partial charge in [0.15, 0.2) is 0 Å². The van der Waals surface area contributed by atoms with Gasteiger partial charge in [0.05, 0.1) is 29.8 Å². The van der Waals surface area contributed by atoms with Crippen molar-refractivity contribution in [3.8, 4) is 11.3 Å². The topological polar surface area (TPSA) is 106 Å². The predicted molar refractivity (Wildman–Crippen MR) is 149 cm³/mol. The quantitative estimate of drug-likeness (QED) is 0.292. The number of halogens is 5. The molecule has 2 aliphatic heterocycles. The Bertz CT molecular complexity index is 1630. The third-order valence-electron chi connectivity index (χ3n) is 7.68. The molecule has 0 spiro atoms. The van der Waals surface area contributed by atoms with Gasteiger partial charge in [-0.15, -0.1) is 0 Å². The minimum atomic E-state index is -4.51. The van der Waals surface area contributed by atoms with Gasteiger partial charge in [0.2, 0.25) is 11.9 Å². The van der Waals surface area contributed by atoms with Crippen molar-refractivity contribution >= 4 is 34.5 Å². The van der Waals surface area contributed by atoms with E-state index in [1.54, 1.807) is 12.3 Å². The first kappa shape index (κ1) is 28.7. The largest absolute Gasteiger partial charge is 0.397 e. The predicted octanol–water partition coefficient (Wildman–Crippen LogP) is 4.77. The van der Waals surface area contributed by atoms with Gasteiger partial charge in [-0.05, 0) is 36.8 Å². The lowest BCUT2D eigenvalue weighted by atomic mass is 10.1. The van der Waals surface area contributed by atoms with Gasteiger partial charge in [0.25, 0.3) is 5.92 Å². The van der Waals surface area contributed by atoms with E-state index in [0.29, 0.717) is 41.9 Å². The van der Waals surface area contributed by atoms with Crippen molar-refractivity contribution in [2.75, 3.05) is 49.5 Å². The molecule has 0 radical (unpaired) electrons. The molecule has 2 saturated heterocycles. The lowest BCUT2D eigenvalue weighted by molar-refractivity contribution is -0.162. The summed E-state index contributed by atoms with van der Waals surface area (Å²) in [6.45, 7) is 2.66. The molecular weight excluding hydrogens is 573 g/mol. The summed E-state index contributed by atoms with van der Waals surface area (Å²) in [7, 11) is 0. The summed E-state index contributed by atoms with van der Waals surface area (Å²) >= 11 is 0. The Morgan fingerprint density at radius 3 is 2.53 bits per heavy atom. The third kappa shape index (κ3) is 6.50. The number of H-pyrrole nitrogens is 1. The highest BCUT2D eigenvalue weighted by Crippen LogP contribution is 2.33. The van der Waals surface area contributed by atoms with E-state index < -0.39 is 24.4 Å². The Kier molecular flexibility index (Phi) is 7.36. The molecular formula is C28H28F5N9O. The number of imidazole rings is 1. The van der Waals surface area contributed by atoms with Crippen molar-refractivity contribution in [3.05, 3.63) is 54.5 Å². The molecule has 226 valence electrons. The van der Waals surface area contributed by atoms with E-state index in [2.05, 4.69) is 35.1 Å². The molecule has 1 amide bonds. The third-order valence-corrected chi connectivity index (χ3v) is 7.68. The first-order valence-corrected chi connectivity index (χ1v) is 13.7. The number of pyridine rings is 1. The average Bonchev–Trinajstić information content (AvgIpc) is 3.36. The normalized spacial score (nSPS) is 18.0. The number of amides is 1. The monoisotopic (exact) mass is 601 g/mol. The van der Waals surface area contributed by atoms with E-state index in [9.17, 15) is 26.7 Å². The van der Waals surface area contributed by atoms with Crippen LogP contribution in [0.15, 0.2) is 48.9 Å². The Balaban J connectivity index is 1.11.